The van der Waals surface area contributed by atoms with Gasteiger partial charge in [0.2, 0.25) is 0 Å². The Kier molecular flexibility index (Phi) is 4.45. The highest BCUT2D eigenvalue weighted by molar-refractivity contribution is 5.95. The molecule has 1 aromatic heterocycles. The van der Waals surface area contributed by atoms with Crippen molar-refractivity contribution < 1.29 is 4.79 Å². The molecule has 1 aromatic carbocycles. The Morgan fingerprint density at radius 3 is 2.75 bits per heavy atom. The molecule has 0 aliphatic carbocycles. The van der Waals surface area contributed by atoms with Crippen molar-refractivity contribution in [2.24, 2.45) is 7.05 Å². The molecule has 1 heterocycles. The molecule has 2 rings (SSSR count). The Bertz CT molecular complexity index is 587. The molecule has 1 amide bonds. The zero-order chi connectivity index (χ0) is 14.5. The van der Waals surface area contributed by atoms with Gasteiger partial charge in [-0.05, 0) is 36.2 Å². The minimum Gasteiger partial charge on any atom is -0.378 e. The van der Waals surface area contributed by atoms with Crippen LogP contribution in [0.5, 0.6) is 0 Å². The lowest BCUT2D eigenvalue weighted by Gasteiger charge is -2.13. The molecule has 0 radical (unpaired) electrons. The van der Waals surface area contributed by atoms with E-state index in [0.29, 0.717) is 12.1 Å². The third kappa shape index (κ3) is 3.63. The molecule has 2 aromatic rings. The van der Waals surface area contributed by atoms with E-state index in [1.165, 1.54) is 5.56 Å². The molecule has 0 unspecified atom stereocenters. The minimum absolute atomic E-state index is 0.0235. The SMILES string of the molecule is CN(C)c1cccc(C(=O)NCCc2ccn(C)c2)c1. The molecule has 0 bridgehead atoms. The topological polar surface area (TPSA) is 37.3 Å². The number of amides is 1. The van der Waals surface area contributed by atoms with E-state index in [1.807, 2.05) is 61.1 Å². The molecule has 0 spiro atoms. The first-order chi connectivity index (χ1) is 9.56. The molecular weight excluding hydrogens is 250 g/mol. The van der Waals surface area contributed by atoms with Crippen LogP contribution in [0.2, 0.25) is 0 Å². The molecule has 1 N–H and O–H groups in total. The number of rotatable bonds is 5. The summed E-state index contributed by atoms with van der Waals surface area (Å²) in [6.07, 6.45) is 4.93. The fraction of sp³-hybridized carbons (Fsp3) is 0.312. The minimum atomic E-state index is -0.0235. The van der Waals surface area contributed by atoms with Gasteiger partial charge in [0.1, 0.15) is 0 Å². The third-order valence-electron chi connectivity index (χ3n) is 3.22. The van der Waals surface area contributed by atoms with Gasteiger partial charge in [0.25, 0.3) is 5.91 Å². The standard InChI is InChI=1S/C16H21N3O/c1-18(2)15-6-4-5-14(11-15)16(20)17-9-7-13-8-10-19(3)12-13/h4-6,8,10-12H,7,9H2,1-3H3,(H,17,20). The van der Waals surface area contributed by atoms with Crippen LogP contribution in [0.25, 0.3) is 0 Å². The molecule has 4 nitrogen and oxygen atoms in total. The predicted molar refractivity (Wildman–Crippen MR) is 82.2 cm³/mol. The quantitative estimate of drug-likeness (QED) is 0.904. The zero-order valence-electron chi connectivity index (χ0n) is 12.3. The Hall–Kier alpha value is -2.23. The molecule has 0 saturated carbocycles. The first-order valence-electron chi connectivity index (χ1n) is 6.72. The summed E-state index contributed by atoms with van der Waals surface area (Å²) in [5, 5.41) is 2.96. The Morgan fingerprint density at radius 2 is 2.10 bits per heavy atom. The summed E-state index contributed by atoms with van der Waals surface area (Å²) in [4.78, 5) is 14.1. The molecule has 106 valence electrons. The molecule has 0 aliphatic heterocycles. The number of aromatic nitrogens is 1. The van der Waals surface area contributed by atoms with Crippen LogP contribution in [0, 0.1) is 0 Å². The van der Waals surface area contributed by atoms with Crippen molar-refractivity contribution in [3.8, 4) is 0 Å². The summed E-state index contributed by atoms with van der Waals surface area (Å²) in [6.45, 7) is 0.648. The number of benzene rings is 1. The number of carbonyl (C=O) groups is 1. The van der Waals surface area contributed by atoms with E-state index in [1.54, 1.807) is 0 Å². The molecule has 0 atom stereocenters. The maximum atomic E-state index is 12.1. The first kappa shape index (κ1) is 14.2. The summed E-state index contributed by atoms with van der Waals surface area (Å²) in [7, 11) is 5.92. The fourth-order valence-corrected chi connectivity index (χ4v) is 2.06. The summed E-state index contributed by atoms with van der Waals surface area (Å²) in [5.41, 5.74) is 2.96. The Labute approximate surface area is 120 Å². The van der Waals surface area contributed by atoms with Crippen LogP contribution in [-0.4, -0.2) is 31.1 Å². The zero-order valence-corrected chi connectivity index (χ0v) is 12.3. The maximum Gasteiger partial charge on any atom is 0.251 e. The van der Waals surface area contributed by atoms with Crippen molar-refractivity contribution in [2.75, 3.05) is 25.5 Å². The van der Waals surface area contributed by atoms with Crippen LogP contribution in [0.1, 0.15) is 15.9 Å². The van der Waals surface area contributed by atoms with Gasteiger partial charge in [-0.2, -0.15) is 0 Å². The van der Waals surface area contributed by atoms with Gasteiger partial charge in [-0.3, -0.25) is 4.79 Å². The second-order valence-corrected chi connectivity index (χ2v) is 5.14. The van der Waals surface area contributed by atoms with Crippen LogP contribution in [0.15, 0.2) is 42.7 Å². The van der Waals surface area contributed by atoms with Crippen molar-refractivity contribution in [3.05, 3.63) is 53.9 Å². The molecule has 0 aliphatic rings. The molecule has 0 fully saturated rings. The lowest BCUT2D eigenvalue weighted by molar-refractivity contribution is 0.0954. The number of anilines is 1. The van der Waals surface area contributed by atoms with Gasteiger partial charge in [0.15, 0.2) is 0 Å². The Balaban J connectivity index is 1.90. The van der Waals surface area contributed by atoms with Gasteiger partial charge in [-0.25, -0.2) is 0 Å². The van der Waals surface area contributed by atoms with Crippen molar-refractivity contribution in [2.45, 2.75) is 6.42 Å². The maximum absolute atomic E-state index is 12.1. The predicted octanol–water partition coefficient (Wildman–Crippen LogP) is 2.06. The van der Waals surface area contributed by atoms with E-state index in [9.17, 15) is 4.79 Å². The monoisotopic (exact) mass is 271 g/mol. The van der Waals surface area contributed by atoms with Crippen molar-refractivity contribution in [1.82, 2.24) is 9.88 Å². The fourth-order valence-electron chi connectivity index (χ4n) is 2.06. The lowest BCUT2D eigenvalue weighted by Crippen LogP contribution is -2.25. The summed E-state index contributed by atoms with van der Waals surface area (Å²) in [6, 6.07) is 9.70. The molecule has 20 heavy (non-hydrogen) atoms. The van der Waals surface area contributed by atoms with E-state index < -0.39 is 0 Å². The second kappa shape index (κ2) is 6.28. The normalized spacial score (nSPS) is 10.3. The van der Waals surface area contributed by atoms with Gasteiger partial charge in [-0.1, -0.05) is 6.07 Å². The number of hydrogen-bond acceptors (Lipinski definition) is 2. The number of nitrogens with one attached hydrogen (secondary N) is 1. The van der Waals surface area contributed by atoms with Gasteiger partial charge < -0.3 is 14.8 Å². The smallest absolute Gasteiger partial charge is 0.251 e. The van der Waals surface area contributed by atoms with Gasteiger partial charge in [0, 0.05) is 51.3 Å². The van der Waals surface area contributed by atoms with Crippen LogP contribution < -0.4 is 10.2 Å². The Morgan fingerprint density at radius 1 is 1.30 bits per heavy atom. The van der Waals surface area contributed by atoms with Crippen LogP contribution in [0.3, 0.4) is 0 Å². The van der Waals surface area contributed by atoms with E-state index in [2.05, 4.69) is 17.6 Å². The van der Waals surface area contributed by atoms with Gasteiger partial charge in [-0.15, -0.1) is 0 Å². The number of hydrogen-bond donors (Lipinski definition) is 1. The molecule has 4 heteroatoms. The highest BCUT2D eigenvalue weighted by Gasteiger charge is 2.06. The summed E-state index contributed by atoms with van der Waals surface area (Å²) in [5.74, 6) is -0.0235. The lowest BCUT2D eigenvalue weighted by atomic mass is 10.1. The highest BCUT2D eigenvalue weighted by Crippen LogP contribution is 2.13. The number of nitrogens with zero attached hydrogens (tertiary/aromatic N) is 2. The van der Waals surface area contributed by atoms with Crippen LogP contribution in [0.4, 0.5) is 5.69 Å². The first-order valence-corrected chi connectivity index (χ1v) is 6.72. The van der Waals surface area contributed by atoms with Gasteiger partial charge >= 0.3 is 0 Å². The van der Waals surface area contributed by atoms with Crippen LogP contribution >= 0.6 is 0 Å². The molecular formula is C16H21N3O. The average Bonchev–Trinajstić information content (AvgIpc) is 2.84. The second-order valence-electron chi connectivity index (χ2n) is 5.14. The van der Waals surface area contributed by atoms with E-state index >= 15 is 0 Å². The third-order valence-corrected chi connectivity index (χ3v) is 3.22. The van der Waals surface area contributed by atoms with Crippen molar-refractivity contribution in [1.29, 1.82) is 0 Å². The van der Waals surface area contributed by atoms with Gasteiger partial charge in [0.05, 0.1) is 0 Å². The highest BCUT2D eigenvalue weighted by atomic mass is 16.1. The summed E-state index contributed by atoms with van der Waals surface area (Å²) >= 11 is 0. The van der Waals surface area contributed by atoms with Crippen LogP contribution in [-0.2, 0) is 13.5 Å². The summed E-state index contributed by atoms with van der Waals surface area (Å²) < 4.78 is 2.01. The average molecular weight is 271 g/mol. The van der Waals surface area contributed by atoms with Crippen molar-refractivity contribution >= 4 is 11.6 Å². The number of carbonyl (C=O) groups excluding carboxylic acids is 1. The van der Waals surface area contributed by atoms with E-state index in [-0.39, 0.29) is 5.91 Å². The van der Waals surface area contributed by atoms with Crippen molar-refractivity contribution in [3.63, 3.8) is 0 Å². The van der Waals surface area contributed by atoms with E-state index in [4.69, 9.17) is 0 Å². The number of aryl methyl sites for hydroxylation is 1. The molecule has 0 saturated heterocycles. The van der Waals surface area contributed by atoms with E-state index in [0.717, 1.165) is 12.1 Å². The largest absolute Gasteiger partial charge is 0.378 e.